The number of nitrogens with one attached hydrogen (secondary N) is 2. The Morgan fingerprint density at radius 1 is 1.15 bits per heavy atom. The molecule has 1 aromatic heterocycles. The van der Waals surface area contributed by atoms with Gasteiger partial charge in [0.1, 0.15) is 0 Å². The van der Waals surface area contributed by atoms with Crippen LogP contribution >= 0.6 is 0 Å². The third-order valence-corrected chi connectivity index (χ3v) is 4.83. The number of benzene rings is 1. The van der Waals surface area contributed by atoms with Crippen LogP contribution in [0, 0.1) is 0 Å². The van der Waals surface area contributed by atoms with Crippen molar-refractivity contribution in [2.45, 2.75) is 32.0 Å². The first-order valence-electron chi connectivity index (χ1n) is 9.50. The fourth-order valence-corrected chi connectivity index (χ4v) is 3.31. The number of rotatable bonds is 6. The average molecular weight is 367 g/mol. The highest BCUT2D eigenvalue weighted by Gasteiger charge is 2.20. The van der Waals surface area contributed by atoms with Gasteiger partial charge in [-0.3, -0.25) is 9.89 Å². The molecule has 0 bridgehead atoms. The monoisotopic (exact) mass is 367 g/mol. The average Bonchev–Trinajstić information content (AvgIpc) is 2.73. The first-order chi connectivity index (χ1) is 13.3. The SMILES string of the molecule is CN=C(NCc1cccc(OC)n1)NC1CCN(Cc2ccccc2)CC1. The molecule has 2 N–H and O–H groups in total. The molecule has 1 aromatic carbocycles. The smallest absolute Gasteiger partial charge is 0.213 e. The van der Waals surface area contributed by atoms with E-state index in [4.69, 9.17) is 4.74 Å². The van der Waals surface area contributed by atoms with Gasteiger partial charge in [-0.2, -0.15) is 0 Å². The van der Waals surface area contributed by atoms with Crippen molar-refractivity contribution in [2.75, 3.05) is 27.2 Å². The Morgan fingerprint density at radius 2 is 1.93 bits per heavy atom. The van der Waals surface area contributed by atoms with Gasteiger partial charge < -0.3 is 15.4 Å². The third-order valence-electron chi connectivity index (χ3n) is 4.83. The maximum Gasteiger partial charge on any atom is 0.213 e. The Morgan fingerprint density at radius 3 is 2.63 bits per heavy atom. The number of likely N-dealkylation sites (tertiary alicyclic amines) is 1. The lowest BCUT2D eigenvalue weighted by Crippen LogP contribution is -2.48. The number of hydrogen-bond donors (Lipinski definition) is 2. The van der Waals surface area contributed by atoms with Crippen molar-refractivity contribution in [2.24, 2.45) is 4.99 Å². The van der Waals surface area contributed by atoms with Gasteiger partial charge in [0.2, 0.25) is 5.88 Å². The summed E-state index contributed by atoms with van der Waals surface area (Å²) >= 11 is 0. The number of hydrogen-bond acceptors (Lipinski definition) is 4. The van der Waals surface area contributed by atoms with E-state index in [0.29, 0.717) is 18.5 Å². The molecule has 1 fully saturated rings. The number of aliphatic imine (C=N–C) groups is 1. The molecule has 6 nitrogen and oxygen atoms in total. The second kappa shape index (κ2) is 9.92. The third kappa shape index (κ3) is 5.96. The first kappa shape index (κ1) is 19.2. The number of ether oxygens (including phenoxy) is 1. The lowest BCUT2D eigenvalue weighted by atomic mass is 10.0. The molecule has 2 heterocycles. The van der Waals surface area contributed by atoms with Crippen LogP contribution in [0.25, 0.3) is 0 Å². The quantitative estimate of drug-likeness (QED) is 0.606. The number of nitrogens with zero attached hydrogens (tertiary/aromatic N) is 3. The number of aromatic nitrogens is 1. The van der Waals surface area contributed by atoms with Gasteiger partial charge >= 0.3 is 0 Å². The van der Waals surface area contributed by atoms with Crippen LogP contribution in [0.2, 0.25) is 0 Å². The molecule has 1 aliphatic heterocycles. The Hall–Kier alpha value is -2.60. The summed E-state index contributed by atoms with van der Waals surface area (Å²) in [5.74, 6) is 1.45. The van der Waals surface area contributed by atoms with Crippen LogP contribution in [0.1, 0.15) is 24.1 Å². The van der Waals surface area contributed by atoms with Crippen molar-refractivity contribution in [3.8, 4) is 5.88 Å². The van der Waals surface area contributed by atoms with Crippen LogP contribution in [-0.2, 0) is 13.1 Å². The molecule has 0 radical (unpaired) electrons. The van der Waals surface area contributed by atoms with Crippen molar-refractivity contribution >= 4 is 5.96 Å². The highest BCUT2D eigenvalue weighted by molar-refractivity contribution is 5.79. The van der Waals surface area contributed by atoms with E-state index in [0.717, 1.165) is 44.1 Å². The highest BCUT2D eigenvalue weighted by atomic mass is 16.5. The van der Waals surface area contributed by atoms with Crippen molar-refractivity contribution in [1.82, 2.24) is 20.5 Å². The molecule has 6 heteroatoms. The van der Waals surface area contributed by atoms with E-state index in [2.05, 4.69) is 55.8 Å². The summed E-state index contributed by atoms with van der Waals surface area (Å²) in [6, 6.07) is 16.9. The molecule has 0 spiro atoms. The van der Waals surface area contributed by atoms with Gasteiger partial charge in [-0.25, -0.2) is 4.98 Å². The first-order valence-corrected chi connectivity index (χ1v) is 9.50. The van der Waals surface area contributed by atoms with Crippen molar-refractivity contribution < 1.29 is 4.74 Å². The Kier molecular flexibility index (Phi) is 7.04. The van der Waals surface area contributed by atoms with E-state index < -0.39 is 0 Å². The highest BCUT2D eigenvalue weighted by Crippen LogP contribution is 2.14. The zero-order chi connectivity index (χ0) is 18.9. The molecule has 27 heavy (non-hydrogen) atoms. The molecule has 2 aromatic rings. The molecular formula is C21H29N5O. The summed E-state index contributed by atoms with van der Waals surface area (Å²) in [6.45, 7) is 3.84. The fourth-order valence-electron chi connectivity index (χ4n) is 3.31. The topological polar surface area (TPSA) is 61.8 Å². The molecule has 1 saturated heterocycles. The number of methoxy groups -OCH3 is 1. The maximum atomic E-state index is 5.17. The summed E-state index contributed by atoms with van der Waals surface area (Å²) in [6.07, 6.45) is 2.23. The Balaban J connectivity index is 1.43. The largest absolute Gasteiger partial charge is 0.481 e. The van der Waals surface area contributed by atoms with Crippen LogP contribution in [0.15, 0.2) is 53.5 Å². The van der Waals surface area contributed by atoms with Crippen LogP contribution in [0.4, 0.5) is 0 Å². The van der Waals surface area contributed by atoms with E-state index in [1.807, 2.05) is 18.2 Å². The number of pyridine rings is 1. The number of piperidine rings is 1. The molecule has 1 aliphatic rings. The molecule has 144 valence electrons. The molecule has 3 rings (SSSR count). The van der Waals surface area contributed by atoms with Gasteiger partial charge in [0, 0.05) is 38.8 Å². The van der Waals surface area contributed by atoms with Crippen LogP contribution < -0.4 is 15.4 Å². The van der Waals surface area contributed by atoms with Gasteiger partial charge in [-0.05, 0) is 24.5 Å². The summed E-state index contributed by atoms with van der Waals surface area (Å²) in [7, 11) is 3.43. The van der Waals surface area contributed by atoms with Crippen LogP contribution in [0.5, 0.6) is 5.88 Å². The second-order valence-electron chi connectivity index (χ2n) is 6.78. The summed E-state index contributed by atoms with van der Waals surface area (Å²) in [5.41, 5.74) is 2.31. The van der Waals surface area contributed by atoms with E-state index in [1.165, 1.54) is 5.56 Å². The minimum atomic E-state index is 0.446. The normalized spacial score (nSPS) is 16.1. The lowest BCUT2D eigenvalue weighted by molar-refractivity contribution is 0.198. The molecular weight excluding hydrogens is 338 g/mol. The van der Waals surface area contributed by atoms with E-state index >= 15 is 0 Å². The zero-order valence-electron chi connectivity index (χ0n) is 16.2. The summed E-state index contributed by atoms with van der Waals surface area (Å²) in [5, 5.41) is 6.88. The predicted octanol–water partition coefficient (Wildman–Crippen LogP) is 2.42. The Bertz CT molecular complexity index is 726. The van der Waals surface area contributed by atoms with E-state index in [-0.39, 0.29) is 0 Å². The Labute approximate surface area is 161 Å². The molecule has 0 atom stereocenters. The molecule has 0 aliphatic carbocycles. The van der Waals surface area contributed by atoms with Crippen LogP contribution in [-0.4, -0.2) is 49.1 Å². The minimum Gasteiger partial charge on any atom is -0.481 e. The van der Waals surface area contributed by atoms with Gasteiger partial charge in [-0.15, -0.1) is 0 Å². The molecule has 0 saturated carbocycles. The van der Waals surface area contributed by atoms with E-state index in [1.54, 1.807) is 14.2 Å². The maximum absolute atomic E-state index is 5.17. The van der Waals surface area contributed by atoms with Gasteiger partial charge in [0.15, 0.2) is 5.96 Å². The van der Waals surface area contributed by atoms with Crippen molar-refractivity contribution in [3.05, 3.63) is 59.8 Å². The minimum absolute atomic E-state index is 0.446. The summed E-state index contributed by atoms with van der Waals surface area (Å²) < 4.78 is 5.17. The molecule has 0 unspecified atom stereocenters. The van der Waals surface area contributed by atoms with E-state index in [9.17, 15) is 0 Å². The number of guanidine groups is 1. The van der Waals surface area contributed by atoms with Gasteiger partial charge in [-0.1, -0.05) is 36.4 Å². The standard InChI is InChI=1S/C21H29N5O/c1-22-21(23-15-19-9-6-10-20(24-19)27-2)25-18-11-13-26(14-12-18)16-17-7-4-3-5-8-17/h3-10,18H,11-16H2,1-2H3,(H2,22,23,25). The van der Waals surface area contributed by atoms with Crippen molar-refractivity contribution in [3.63, 3.8) is 0 Å². The fraction of sp³-hybridized carbons (Fsp3) is 0.429. The van der Waals surface area contributed by atoms with Gasteiger partial charge in [0.05, 0.1) is 19.3 Å². The summed E-state index contributed by atoms with van der Waals surface area (Å²) in [4.78, 5) is 11.3. The van der Waals surface area contributed by atoms with Gasteiger partial charge in [0.25, 0.3) is 0 Å². The second-order valence-corrected chi connectivity index (χ2v) is 6.78. The van der Waals surface area contributed by atoms with Crippen molar-refractivity contribution in [1.29, 1.82) is 0 Å². The molecule has 0 amide bonds. The lowest BCUT2D eigenvalue weighted by Gasteiger charge is -2.33. The van der Waals surface area contributed by atoms with Crippen LogP contribution in [0.3, 0.4) is 0 Å². The predicted molar refractivity (Wildman–Crippen MR) is 109 cm³/mol. The zero-order valence-corrected chi connectivity index (χ0v) is 16.2.